The van der Waals surface area contributed by atoms with Crippen LogP contribution in [0.4, 0.5) is 4.79 Å². The third kappa shape index (κ3) is 3.54. The molecule has 0 saturated carbocycles. The lowest BCUT2D eigenvalue weighted by atomic mass is 10.2. The van der Waals surface area contributed by atoms with Gasteiger partial charge in [0.05, 0.1) is 0 Å². The van der Waals surface area contributed by atoms with Crippen molar-refractivity contribution >= 4 is 12.0 Å². The first-order valence-corrected chi connectivity index (χ1v) is 7.34. The van der Waals surface area contributed by atoms with Crippen LogP contribution in [-0.4, -0.2) is 45.5 Å². The molecule has 0 bridgehead atoms. The maximum Gasteiger partial charge on any atom is 0.326 e. The van der Waals surface area contributed by atoms with E-state index in [1.54, 1.807) is 4.90 Å². The van der Waals surface area contributed by atoms with E-state index in [9.17, 15) is 14.7 Å². The number of carbonyl (C=O) groups is 2. The first-order chi connectivity index (χ1) is 10.0. The largest absolute Gasteiger partial charge is 0.480 e. The van der Waals surface area contributed by atoms with Crippen molar-refractivity contribution in [3.63, 3.8) is 0 Å². The Bertz CT molecular complexity index is 502. The van der Waals surface area contributed by atoms with Gasteiger partial charge in [0.25, 0.3) is 0 Å². The van der Waals surface area contributed by atoms with E-state index < -0.39 is 12.0 Å². The van der Waals surface area contributed by atoms with E-state index >= 15 is 0 Å². The number of carboxylic acid groups (broad SMARTS) is 1. The summed E-state index contributed by atoms with van der Waals surface area (Å²) in [5.41, 5.74) is 1.05. The molecule has 0 aliphatic carbocycles. The third-order valence-corrected chi connectivity index (χ3v) is 3.85. The van der Waals surface area contributed by atoms with Crippen molar-refractivity contribution in [3.05, 3.63) is 35.9 Å². The molecule has 1 fully saturated rings. The van der Waals surface area contributed by atoms with Crippen molar-refractivity contribution in [3.8, 4) is 0 Å². The Hall–Kier alpha value is -2.04. The van der Waals surface area contributed by atoms with Crippen molar-refractivity contribution in [1.82, 2.24) is 9.80 Å². The standard InChI is InChI=1S/C16H22N2O3/c1-12(2)18(11-13-7-4-3-5-8-13)16(21)17-10-6-9-14(17)15(19)20/h3-5,7-8,12,14H,6,9-11H2,1-2H3,(H,19,20)/t14-/m1/s1. The molecule has 1 aliphatic rings. The van der Waals surface area contributed by atoms with Gasteiger partial charge in [0.15, 0.2) is 0 Å². The van der Waals surface area contributed by atoms with E-state index in [2.05, 4.69) is 0 Å². The summed E-state index contributed by atoms with van der Waals surface area (Å²) in [5, 5.41) is 9.23. The number of rotatable bonds is 4. The molecular weight excluding hydrogens is 268 g/mol. The second-order valence-electron chi connectivity index (χ2n) is 5.68. The lowest BCUT2D eigenvalue weighted by molar-refractivity contribution is -0.141. The SMILES string of the molecule is CC(C)N(Cc1ccccc1)C(=O)N1CCC[C@@H]1C(=O)O. The van der Waals surface area contributed by atoms with Gasteiger partial charge < -0.3 is 14.9 Å². The smallest absolute Gasteiger partial charge is 0.326 e. The van der Waals surface area contributed by atoms with Crippen LogP contribution in [0, 0.1) is 0 Å². The molecule has 2 amide bonds. The van der Waals surface area contributed by atoms with E-state index in [-0.39, 0.29) is 12.1 Å². The van der Waals surface area contributed by atoms with E-state index in [1.807, 2.05) is 44.2 Å². The quantitative estimate of drug-likeness (QED) is 0.927. The van der Waals surface area contributed by atoms with Crippen molar-refractivity contribution in [1.29, 1.82) is 0 Å². The summed E-state index contributed by atoms with van der Waals surface area (Å²) in [6.07, 6.45) is 1.29. The molecule has 1 aromatic rings. The minimum atomic E-state index is -0.913. The van der Waals surface area contributed by atoms with Gasteiger partial charge in [-0.1, -0.05) is 30.3 Å². The zero-order chi connectivity index (χ0) is 15.4. The molecule has 114 valence electrons. The average Bonchev–Trinajstić information content (AvgIpc) is 2.94. The van der Waals surface area contributed by atoms with E-state index in [1.165, 1.54) is 4.90 Å². The van der Waals surface area contributed by atoms with Crippen LogP contribution in [0.1, 0.15) is 32.3 Å². The maximum absolute atomic E-state index is 12.7. The number of benzene rings is 1. The number of hydrogen-bond acceptors (Lipinski definition) is 2. The van der Waals surface area contributed by atoms with Crippen LogP contribution in [0.15, 0.2) is 30.3 Å². The summed E-state index contributed by atoms with van der Waals surface area (Å²) >= 11 is 0. The number of urea groups is 1. The van der Waals surface area contributed by atoms with Gasteiger partial charge in [-0.2, -0.15) is 0 Å². The van der Waals surface area contributed by atoms with Crippen LogP contribution in [-0.2, 0) is 11.3 Å². The average molecular weight is 290 g/mol. The van der Waals surface area contributed by atoms with Gasteiger partial charge in [-0.3, -0.25) is 0 Å². The molecular formula is C16H22N2O3. The summed E-state index contributed by atoms with van der Waals surface area (Å²) in [4.78, 5) is 27.2. The Morgan fingerprint density at radius 3 is 2.57 bits per heavy atom. The first kappa shape index (κ1) is 15.4. The topological polar surface area (TPSA) is 60.9 Å². The molecule has 21 heavy (non-hydrogen) atoms. The molecule has 1 aliphatic heterocycles. The van der Waals surface area contributed by atoms with Crippen LogP contribution >= 0.6 is 0 Å². The summed E-state index contributed by atoms with van der Waals surface area (Å²) in [7, 11) is 0. The highest BCUT2D eigenvalue weighted by Gasteiger charge is 2.36. The number of nitrogens with zero attached hydrogens (tertiary/aromatic N) is 2. The normalized spacial score (nSPS) is 18.0. The highest BCUT2D eigenvalue weighted by Crippen LogP contribution is 2.21. The lowest BCUT2D eigenvalue weighted by Gasteiger charge is -2.33. The molecule has 1 heterocycles. The predicted molar refractivity (Wildman–Crippen MR) is 79.9 cm³/mol. The Morgan fingerprint density at radius 1 is 1.33 bits per heavy atom. The van der Waals surface area contributed by atoms with Gasteiger partial charge in [-0.25, -0.2) is 9.59 Å². The van der Waals surface area contributed by atoms with Crippen molar-refractivity contribution < 1.29 is 14.7 Å². The van der Waals surface area contributed by atoms with E-state index in [0.29, 0.717) is 19.5 Å². The van der Waals surface area contributed by atoms with Gasteiger partial charge in [0.1, 0.15) is 6.04 Å². The molecule has 1 atom stereocenters. The Kier molecular flexibility index (Phi) is 4.83. The number of carbonyl (C=O) groups excluding carboxylic acids is 1. The monoisotopic (exact) mass is 290 g/mol. The number of aliphatic carboxylic acids is 1. The van der Waals surface area contributed by atoms with Crippen LogP contribution in [0.3, 0.4) is 0 Å². The zero-order valence-electron chi connectivity index (χ0n) is 12.5. The van der Waals surface area contributed by atoms with Gasteiger partial charge in [-0.05, 0) is 32.3 Å². The number of amides is 2. The van der Waals surface area contributed by atoms with Crippen molar-refractivity contribution in [2.75, 3.05) is 6.54 Å². The number of carboxylic acids is 1. The van der Waals surface area contributed by atoms with Crippen LogP contribution in [0.25, 0.3) is 0 Å². The van der Waals surface area contributed by atoms with Crippen molar-refractivity contribution in [2.45, 2.75) is 45.3 Å². The summed E-state index contributed by atoms with van der Waals surface area (Å²) in [5.74, 6) is -0.913. The molecule has 5 heteroatoms. The number of likely N-dealkylation sites (tertiary alicyclic amines) is 1. The minimum Gasteiger partial charge on any atom is -0.480 e. The molecule has 1 N–H and O–H groups in total. The molecule has 2 rings (SSSR count). The van der Waals surface area contributed by atoms with Crippen LogP contribution in [0.5, 0.6) is 0 Å². The maximum atomic E-state index is 12.7. The van der Waals surface area contributed by atoms with E-state index in [4.69, 9.17) is 0 Å². The van der Waals surface area contributed by atoms with Gasteiger partial charge in [0, 0.05) is 19.1 Å². The molecule has 0 spiro atoms. The number of hydrogen-bond donors (Lipinski definition) is 1. The third-order valence-electron chi connectivity index (χ3n) is 3.85. The second kappa shape index (κ2) is 6.61. The summed E-state index contributed by atoms with van der Waals surface area (Å²) in [6, 6.07) is 8.91. The fraction of sp³-hybridized carbons (Fsp3) is 0.500. The predicted octanol–water partition coefficient (Wildman–Crippen LogP) is 2.57. The molecule has 0 radical (unpaired) electrons. The minimum absolute atomic E-state index is 0.0211. The highest BCUT2D eigenvalue weighted by atomic mass is 16.4. The van der Waals surface area contributed by atoms with E-state index in [0.717, 1.165) is 12.0 Å². The summed E-state index contributed by atoms with van der Waals surface area (Å²) in [6.45, 7) is 4.92. The highest BCUT2D eigenvalue weighted by molar-refractivity contribution is 5.83. The summed E-state index contributed by atoms with van der Waals surface area (Å²) < 4.78 is 0. The van der Waals surface area contributed by atoms with Crippen molar-refractivity contribution in [2.24, 2.45) is 0 Å². The fourth-order valence-electron chi connectivity index (χ4n) is 2.67. The molecule has 0 aromatic heterocycles. The Morgan fingerprint density at radius 2 is 2.00 bits per heavy atom. The fourth-order valence-corrected chi connectivity index (χ4v) is 2.67. The second-order valence-corrected chi connectivity index (χ2v) is 5.68. The first-order valence-electron chi connectivity index (χ1n) is 7.34. The zero-order valence-corrected chi connectivity index (χ0v) is 12.5. The van der Waals surface area contributed by atoms with Gasteiger partial charge in [0.2, 0.25) is 0 Å². The van der Waals surface area contributed by atoms with Gasteiger partial charge in [-0.15, -0.1) is 0 Å². The molecule has 5 nitrogen and oxygen atoms in total. The molecule has 1 aromatic carbocycles. The lowest BCUT2D eigenvalue weighted by Crippen LogP contribution is -2.49. The van der Waals surface area contributed by atoms with Crippen LogP contribution in [0.2, 0.25) is 0 Å². The molecule has 1 saturated heterocycles. The van der Waals surface area contributed by atoms with Crippen LogP contribution < -0.4 is 0 Å². The van der Waals surface area contributed by atoms with Gasteiger partial charge >= 0.3 is 12.0 Å². The molecule has 0 unspecified atom stereocenters. The Labute approximate surface area is 125 Å². The Balaban J connectivity index is 2.14.